The van der Waals surface area contributed by atoms with Gasteiger partial charge in [0.2, 0.25) is 0 Å². The molecule has 0 atom stereocenters. The highest BCUT2D eigenvalue weighted by Gasteiger charge is 2.35. The molecule has 2 aromatic heterocycles. The minimum absolute atomic E-state index is 0.126. The number of carbonyl (C=O) groups is 1. The van der Waals surface area contributed by atoms with Crippen LogP contribution in [0.2, 0.25) is 0 Å². The SMILES string of the molecule is Cc1cc(C(F)(F)F)nc2sc(C(=O)Nc3ccccc3C(F)(F)F)c(N)c12. The smallest absolute Gasteiger partial charge is 0.397 e. The largest absolute Gasteiger partial charge is 0.433 e. The number of hydrogen-bond acceptors (Lipinski definition) is 4. The number of halogens is 6. The van der Waals surface area contributed by atoms with Crippen molar-refractivity contribution in [3.05, 3.63) is 52.0 Å². The molecule has 0 aliphatic rings. The van der Waals surface area contributed by atoms with Crippen molar-refractivity contribution >= 4 is 38.8 Å². The lowest BCUT2D eigenvalue weighted by molar-refractivity contribution is -0.141. The summed E-state index contributed by atoms with van der Waals surface area (Å²) in [6.45, 7) is 1.38. The summed E-state index contributed by atoms with van der Waals surface area (Å²) in [5.74, 6) is -0.967. The van der Waals surface area contributed by atoms with Crippen LogP contribution in [0.4, 0.5) is 37.7 Å². The van der Waals surface area contributed by atoms with Gasteiger partial charge >= 0.3 is 12.4 Å². The molecule has 0 spiro atoms. The number of carbonyl (C=O) groups excluding carboxylic acids is 1. The molecule has 28 heavy (non-hydrogen) atoms. The number of pyridine rings is 1. The first-order chi connectivity index (χ1) is 12.9. The number of nitrogen functional groups attached to an aromatic ring is 1. The first-order valence-electron chi connectivity index (χ1n) is 7.64. The molecule has 0 aliphatic carbocycles. The summed E-state index contributed by atoms with van der Waals surface area (Å²) in [4.78, 5) is 15.6. The van der Waals surface area contributed by atoms with E-state index in [0.717, 1.165) is 24.3 Å². The maximum Gasteiger partial charge on any atom is 0.433 e. The van der Waals surface area contributed by atoms with Gasteiger partial charge in [-0.25, -0.2) is 4.98 Å². The summed E-state index contributed by atoms with van der Waals surface area (Å²) in [5, 5.41) is 2.28. The Bertz CT molecular complexity index is 1070. The molecule has 3 aromatic rings. The molecule has 148 valence electrons. The highest BCUT2D eigenvalue weighted by atomic mass is 32.1. The minimum Gasteiger partial charge on any atom is -0.397 e. The molecule has 0 bridgehead atoms. The van der Waals surface area contributed by atoms with Crippen molar-refractivity contribution in [2.45, 2.75) is 19.3 Å². The number of aryl methyl sites for hydroxylation is 1. The van der Waals surface area contributed by atoms with Crippen LogP contribution in [-0.4, -0.2) is 10.9 Å². The lowest BCUT2D eigenvalue weighted by atomic mass is 10.1. The fourth-order valence-corrected chi connectivity index (χ4v) is 3.71. The highest BCUT2D eigenvalue weighted by molar-refractivity contribution is 7.21. The summed E-state index contributed by atoms with van der Waals surface area (Å²) < 4.78 is 78.0. The molecule has 4 nitrogen and oxygen atoms in total. The van der Waals surface area contributed by atoms with E-state index in [1.165, 1.54) is 13.0 Å². The van der Waals surface area contributed by atoms with Gasteiger partial charge < -0.3 is 11.1 Å². The van der Waals surface area contributed by atoms with E-state index in [1.807, 2.05) is 0 Å². The number of benzene rings is 1. The number of fused-ring (bicyclic) bond motifs is 1. The van der Waals surface area contributed by atoms with Crippen molar-refractivity contribution < 1.29 is 31.1 Å². The number of amides is 1. The maximum absolute atomic E-state index is 13.1. The highest BCUT2D eigenvalue weighted by Crippen LogP contribution is 2.39. The Morgan fingerprint density at radius 2 is 1.75 bits per heavy atom. The Hall–Kier alpha value is -2.82. The molecule has 0 saturated heterocycles. The van der Waals surface area contributed by atoms with Crippen LogP contribution >= 0.6 is 11.3 Å². The zero-order chi connectivity index (χ0) is 20.9. The number of para-hydroxylation sites is 1. The summed E-state index contributed by atoms with van der Waals surface area (Å²) in [6.07, 6.45) is -9.39. The van der Waals surface area contributed by atoms with E-state index in [9.17, 15) is 31.1 Å². The predicted octanol–water partition coefficient (Wildman–Crippen LogP) is 5.48. The molecule has 0 fully saturated rings. The molecule has 1 aromatic carbocycles. The summed E-state index contributed by atoms with van der Waals surface area (Å²) in [6, 6.07) is 5.13. The van der Waals surface area contributed by atoms with Crippen LogP contribution in [0, 0.1) is 6.92 Å². The van der Waals surface area contributed by atoms with E-state index in [2.05, 4.69) is 10.3 Å². The van der Waals surface area contributed by atoms with Gasteiger partial charge in [-0.05, 0) is 30.7 Å². The Morgan fingerprint density at radius 1 is 1.11 bits per heavy atom. The fourth-order valence-electron chi connectivity index (χ4n) is 2.64. The third kappa shape index (κ3) is 3.61. The average Bonchev–Trinajstić information content (AvgIpc) is 2.91. The molecule has 0 aliphatic heterocycles. The number of aromatic nitrogens is 1. The number of rotatable bonds is 2. The van der Waals surface area contributed by atoms with Crippen molar-refractivity contribution in [1.82, 2.24) is 4.98 Å². The van der Waals surface area contributed by atoms with Gasteiger partial charge in [-0.15, -0.1) is 11.3 Å². The number of anilines is 2. The van der Waals surface area contributed by atoms with Gasteiger partial charge in [0, 0.05) is 5.39 Å². The predicted molar refractivity (Wildman–Crippen MR) is 93.2 cm³/mol. The first kappa shape index (κ1) is 19.9. The van der Waals surface area contributed by atoms with Crippen molar-refractivity contribution in [2.75, 3.05) is 11.1 Å². The normalized spacial score (nSPS) is 12.4. The third-order valence-corrected chi connectivity index (χ3v) is 4.97. The quantitative estimate of drug-likeness (QED) is 0.541. The van der Waals surface area contributed by atoms with Gasteiger partial charge in [-0.1, -0.05) is 12.1 Å². The molecule has 0 radical (unpaired) electrons. The minimum atomic E-state index is -4.70. The Kier molecular flexibility index (Phi) is 4.74. The zero-order valence-corrected chi connectivity index (χ0v) is 14.8. The van der Waals surface area contributed by atoms with Crippen molar-refractivity contribution in [1.29, 1.82) is 0 Å². The van der Waals surface area contributed by atoms with E-state index < -0.39 is 35.2 Å². The maximum atomic E-state index is 13.1. The van der Waals surface area contributed by atoms with E-state index in [-0.39, 0.29) is 26.3 Å². The third-order valence-electron chi connectivity index (χ3n) is 3.87. The molecule has 1 amide bonds. The van der Waals surface area contributed by atoms with Gasteiger partial charge in [-0.3, -0.25) is 4.79 Å². The second kappa shape index (κ2) is 6.66. The lowest BCUT2D eigenvalue weighted by Crippen LogP contribution is -2.16. The van der Waals surface area contributed by atoms with Crippen LogP contribution in [-0.2, 0) is 12.4 Å². The molecule has 0 saturated carbocycles. The molecule has 3 rings (SSSR count). The topological polar surface area (TPSA) is 68.0 Å². The summed E-state index contributed by atoms with van der Waals surface area (Å²) >= 11 is 0.580. The zero-order valence-electron chi connectivity index (χ0n) is 14.0. The van der Waals surface area contributed by atoms with E-state index in [0.29, 0.717) is 11.3 Å². The first-order valence-corrected chi connectivity index (χ1v) is 8.45. The number of thiophene rings is 1. The molecular weight excluding hydrogens is 408 g/mol. The van der Waals surface area contributed by atoms with E-state index >= 15 is 0 Å². The number of hydrogen-bond donors (Lipinski definition) is 2. The number of nitrogens with one attached hydrogen (secondary N) is 1. The van der Waals surface area contributed by atoms with Crippen LogP contribution in [0.15, 0.2) is 30.3 Å². The Balaban J connectivity index is 2.04. The van der Waals surface area contributed by atoms with Crippen molar-refractivity contribution in [3.63, 3.8) is 0 Å². The number of nitrogens with two attached hydrogens (primary N) is 1. The van der Waals surface area contributed by atoms with Crippen LogP contribution in [0.3, 0.4) is 0 Å². The number of nitrogens with zero attached hydrogens (tertiary/aromatic N) is 1. The Labute approximate surface area is 158 Å². The van der Waals surface area contributed by atoms with Crippen LogP contribution in [0.25, 0.3) is 10.2 Å². The number of alkyl halides is 6. The van der Waals surface area contributed by atoms with Gasteiger partial charge in [0.15, 0.2) is 0 Å². The van der Waals surface area contributed by atoms with E-state index in [4.69, 9.17) is 5.73 Å². The molecular formula is C17H11F6N3OS. The molecule has 0 unspecified atom stereocenters. The molecule has 3 N–H and O–H groups in total. The van der Waals surface area contributed by atoms with Gasteiger partial charge in [-0.2, -0.15) is 26.3 Å². The second-order valence-electron chi connectivity index (χ2n) is 5.84. The molecule has 11 heteroatoms. The average molecular weight is 419 g/mol. The monoisotopic (exact) mass is 419 g/mol. The standard InChI is InChI=1S/C17H11F6N3OS/c1-7-6-10(17(21,22)23)26-15-11(7)12(24)13(28-15)14(27)25-9-5-3-2-4-8(9)16(18,19)20/h2-6H,24H2,1H3,(H,25,27). The fraction of sp³-hybridized carbons (Fsp3) is 0.176. The van der Waals surface area contributed by atoms with Gasteiger partial charge in [0.05, 0.1) is 16.9 Å². The molecule has 2 heterocycles. The van der Waals surface area contributed by atoms with Crippen LogP contribution in [0.1, 0.15) is 26.5 Å². The second-order valence-corrected chi connectivity index (χ2v) is 6.84. The lowest BCUT2D eigenvalue weighted by Gasteiger charge is -2.13. The van der Waals surface area contributed by atoms with Crippen LogP contribution < -0.4 is 11.1 Å². The van der Waals surface area contributed by atoms with E-state index in [1.54, 1.807) is 0 Å². The Morgan fingerprint density at radius 3 is 2.36 bits per heavy atom. The summed E-state index contributed by atoms with van der Waals surface area (Å²) in [5.41, 5.74) is 3.21. The summed E-state index contributed by atoms with van der Waals surface area (Å²) in [7, 11) is 0. The van der Waals surface area contributed by atoms with Gasteiger partial charge in [0.25, 0.3) is 5.91 Å². The van der Waals surface area contributed by atoms with Crippen LogP contribution in [0.5, 0.6) is 0 Å². The van der Waals surface area contributed by atoms with Crippen molar-refractivity contribution in [2.24, 2.45) is 0 Å². The van der Waals surface area contributed by atoms with Gasteiger partial charge in [0.1, 0.15) is 15.4 Å². The van der Waals surface area contributed by atoms with Crippen molar-refractivity contribution in [3.8, 4) is 0 Å².